The molecule has 188 valence electrons. The summed E-state index contributed by atoms with van der Waals surface area (Å²) in [5.74, 6) is 1.71. The quantitative estimate of drug-likeness (QED) is 0.510. The van der Waals surface area contributed by atoms with Crippen molar-refractivity contribution in [1.82, 2.24) is 9.91 Å². The van der Waals surface area contributed by atoms with Crippen molar-refractivity contribution in [3.63, 3.8) is 0 Å². The van der Waals surface area contributed by atoms with Gasteiger partial charge in [-0.3, -0.25) is 9.59 Å². The number of hydrogen-bond acceptors (Lipinski definition) is 8. The number of methoxy groups -OCH3 is 5. The highest BCUT2D eigenvalue weighted by Crippen LogP contribution is 2.39. The minimum atomic E-state index is -0.421. The van der Waals surface area contributed by atoms with Crippen molar-refractivity contribution in [1.29, 1.82) is 0 Å². The number of carbonyl (C=O) groups is 2. The molecule has 0 N–H and O–H groups in total. The fourth-order valence-corrected chi connectivity index (χ4v) is 3.86. The molecule has 0 unspecified atom stereocenters. The van der Waals surface area contributed by atoms with Crippen LogP contribution in [-0.2, 0) is 14.3 Å². The topological polar surface area (TPSA) is 99.1 Å². The van der Waals surface area contributed by atoms with Crippen molar-refractivity contribution in [2.45, 2.75) is 12.5 Å². The van der Waals surface area contributed by atoms with E-state index >= 15 is 0 Å². The summed E-state index contributed by atoms with van der Waals surface area (Å²) in [6, 6.07) is 10.5. The highest BCUT2D eigenvalue weighted by molar-refractivity contribution is 6.05. The lowest BCUT2D eigenvalue weighted by atomic mass is 9.97. The summed E-state index contributed by atoms with van der Waals surface area (Å²) >= 11 is 0. The molecule has 2 aromatic rings. The monoisotopic (exact) mass is 485 g/mol. The van der Waals surface area contributed by atoms with Gasteiger partial charge >= 0.3 is 0 Å². The molecular weight excluding hydrogens is 454 g/mol. The lowest BCUT2D eigenvalue weighted by Crippen LogP contribution is -2.40. The minimum absolute atomic E-state index is 0.111. The number of likely N-dealkylation sites (N-methyl/N-ethyl adjacent to an activating group) is 1. The van der Waals surface area contributed by atoms with E-state index < -0.39 is 6.04 Å². The molecule has 10 nitrogen and oxygen atoms in total. The van der Waals surface area contributed by atoms with Gasteiger partial charge in [0, 0.05) is 32.2 Å². The first-order valence-corrected chi connectivity index (χ1v) is 10.9. The van der Waals surface area contributed by atoms with Crippen LogP contribution in [0.4, 0.5) is 0 Å². The standard InChI is InChI=1S/C25H31N3O7/c1-27(25(30)15-31-2)14-24(29)28-20(16-7-10-21(33-4)23(11-16)35-6)13-19(26-28)18-9-8-17(32-3)12-22(18)34-5/h7-12,20H,13-15H2,1-6H3/t20-/m0/s1. The van der Waals surface area contributed by atoms with E-state index in [1.54, 1.807) is 47.6 Å². The van der Waals surface area contributed by atoms with Gasteiger partial charge in [-0.1, -0.05) is 6.07 Å². The number of nitrogens with zero attached hydrogens (tertiary/aromatic N) is 3. The average Bonchev–Trinajstić information content (AvgIpc) is 3.33. The van der Waals surface area contributed by atoms with Crippen LogP contribution in [0.3, 0.4) is 0 Å². The molecule has 0 aromatic heterocycles. The van der Waals surface area contributed by atoms with E-state index in [0.29, 0.717) is 35.1 Å². The largest absolute Gasteiger partial charge is 0.497 e. The number of ether oxygens (including phenoxy) is 5. The first kappa shape index (κ1) is 25.8. The molecule has 2 aromatic carbocycles. The highest BCUT2D eigenvalue weighted by atomic mass is 16.5. The maximum absolute atomic E-state index is 13.3. The fraction of sp³-hybridized carbons (Fsp3) is 0.400. The summed E-state index contributed by atoms with van der Waals surface area (Å²) in [6.07, 6.45) is 0.430. The Hall–Kier alpha value is -3.79. The van der Waals surface area contributed by atoms with Gasteiger partial charge in [-0.15, -0.1) is 0 Å². The Morgan fingerprint density at radius 2 is 1.66 bits per heavy atom. The van der Waals surface area contributed by atoms with Crippen molar-refractivity contribution >= 4 is 17.5 Å². The van der Waals surface area contributed by atoms with Crippen LogP contribution in [0.1, 0.15) is 23.6 Å². The Bertz CT molecular complexity index is 1100. The first-order chi connectivity index (χ1) is 16.9. The van der Waals surface area contributed by atoms with E-state index in [1.807, 2.05) is 24.3 Å². The summed E-state index contributed by atoms with van der Waals surface area (Å²) in [7, 11) is 9.25. The maximum atomic E-state index is 13.3. The van der Waals surface area contributed by atoms with Gasteiger partial charge in [-0.25, -0.2) is 5.01 Å². The molecule has 1 aliphatic rings. The Morgan fingerprint density at radius 1 is 0.943 bits per heavy atom. The molecule has 0 bridgehead atoms. The summed E-state index contributed by atoms with van der Waals surface area (Å²) in [5.41, 5.74) is 2.23. The van der Waals surface area contributed by atoms with Gasteiger partial charge < -0.3 is 28.6 Å². The van der Waals surface area contributed by atoms with Crippen molar-refractivity contribution in [2.75, 3.05) is 55.7 Å². The number of benzene rings is 2. The van der Waals surface area contributed by atoms with Crippen LogP contribution in [0.25, 0.3) is 0 Å². The predicted octanol–water partition coefficient (Wildman–Crippen LogP) is 2.50. The molecule has 0 saturated carbocycles. The van der Waals surface area contributed by atoms with Gasteiger partial charge in [0.05, 0.1) is 40.2 Å². The zero-order valence-corrected chi connectivity index (χ0v) is 20.9. The normalized spacial score (nSPS) is 14.9. The van der Waals surface area contributed by atoms with Crippen LogP contribution in [0.15, 0.2) is 41.5 Å². The molecule has 0 fully saturated rings. The van der Waals surface area contributed by atoms with Crippen molar-refractivity contribution in [3.05, 3.63) is 47.5 Å². The van der Waals surface area contributed by atoms with Gasteiger partial charge in [0.15, 0.2) is 11.5 Å². The molecule has 35 heavy (non-hydrogen) atoms. The lowest BCUT2D eigenvalue weighted by Gasteiger charge is -2.25. The zero-order valence-electron chi connectivity index (χ0n) is 20.9. The molecule has 1 atom stereocenters. The van der Waals surface area contributed by atoms with E-state index in [2.05, 4.69) is 5.10 Å². The fourth-order valence-electron chi connectivity index (χ4n) is 3.86. The number of hydrazone groups is 1. The maximum Gasteiger partial charge on any atom is 0.262 e. The molecule has 0 radical (unpaired) electrons. The van der Waals surface area contributed by atoms with Crippen LogP contribution in [0.5, 0.6) is 23.0 Å². The van der Waals surface area contributed by atoms with E-state index in [-0.39, 0.29) is 25.0 Å². The predicted molar refractivity (Wildman–Crippen MR) is 129 cm³/mol. The van der Waals surface area contributed by atoms with Gasteiger partial charge in [0.2, 0.25) is 5.91 Å². The van der Waals surface area contributed by atoms with Gasteiger partial charge in [0.25, 0.3) is 5.91 Å². The Morgan fingerprint density at radius 3 is 2.29 bits per heavy atom. The summed E-state index contributed by atoms with van der Waals surface area (Å²) in [5, 5.41) is 6.09. The second kappa shape index (κ2) is 11.6. The summed E-state index contributed by atoms with van der Waals surface area (Å²) < 4.78 is 26.6. The van der Waals surface area contributed by atoms with E-state index in [4.69, 9.17) is 23.7 Å². The number of hydrogen-bond donors (Lipinski definition) is 0. The minimum Gasteiger partial charge on any atom is -0.497 e. The molecule has 0 aliphatic carbocycles. The van der Waals surface area contributed by atoms with Crippen LogP contribution >= 0.6 is 0 Å². The summed E-state index contributed by atoms with van der Waals surface area (Å²) in [4.78, 5) is 26.8. The van der Waals surface area contributed by atoms with Gasteiger partial charge in [-0.2, -0.15) is 5.10 Å². The van der Waals surface area contributed by atoms with Crippen molar-refractivity contribution in [2.24, 2.45) is 5.10 Å². The Labute approximate surface area is 205 Å². The molecule has 0 saturated heterocycles. The molecule has 2 amide bonds. The highest BCUT2D eigenvalue weighted by Gasteiger charge is 2.35. The molecule has 3 rings (SSSR count). The second-order valence-corrected chi connectivity index (χ2v) is 7.87. The molecular formula is C25H31N3O7. The Kier molecular flexibility index (Phi) is 8.53. The third-order valence-electron chi connectivity index (χ3n) is 5.74. The lowest BCUT2D eigenvalue weighted by molar-refractivity contribution is -0.142. The molecule has 10 heteroatoms. The molecule has 0 spiro atoms. The van der Waals surface area contributed by atoms with Crippen LogP contribution < -0.4 is 18.9 Å². The van der Waals surface area contributed by atoms with E-state index in [0.717, 1.165) is 11.1 Å². The molecule has 1 heterocycles. The smallest absolute Gasteiger partial charge is 0.262 e. The van der Waals surface area contributed by atoms with E-state index in [9.17, 15) is 9.59 Å². The second-order valence-electron chi connectivity index (χ2n) is 7.87. The van der Waals surface area contributed by atoms with Gasteiger partial charge in [-0.05, 0) is 29.8 Å². The third kappa shape index (κ3) is 5.65. The number of carbonyl (C=O) groups excluding carboxylic acids is 2. The Balaban J connectivity index is 2.00. The SMILES string of the molecule is COCC(=O)N(C)CC(=O)N1N=C(c2ccc(OC)cc2OC)C[C@H]1c1ccc(OC)c(OC)c1. The van der Waals surface area contributed by atoms with E-state index in [1.165, 1.54) is 17.0 Å². The third-order valence-corrected chi connectivity index (χ3v) is 5.74. The average molecular weight is 486 g/mol. The van der Waals surface area contributed by atoms with Gasteiger partial charge in [0.1, 0.15) is 24.7 Å². The number of rotatable bonds is 10. The summed E-state index contributed by atoms with van der Waals surface area (Å²) in [6.45, 7) is -0.261. The molecule has 1 aliphatic heterocycles. The van der Waals surface area contributed by atoms with Crippen LogP contribution in [0, 0.1) is 0 Å². The number of amides is 2. The first-order valence-electron chi connectivity index (χ1n) is 10.9. The van der Waals surface area contributed by atoms with Crippen molar-refractivity contribution < 1.29 is 33.3 Å². The van der Waals surface area contributed by atoms with Crippen LogP contribution in [0.2, 0.25) is 0 Å². The van der Waals surface area contributed by atoms with Crippen LogP contribution in [-0.4, -0.2) is 83.2 Å². The zero-order chi connectivity index (χ0) is 25.5. The van der Waals surface area contributed by atoms with Crippen molar-refractivity contribution in [3.8, 4) is 23.0 Å².